The van der Waals surface area contributed by atoms with Crippen LogP contribution in [0, 0.1) is 5.92 Å². The van der Waals surface area contributed by atoms with Gasteiger partial charge < -0.3 is 25.4 Å². The molecule has 26 heavy (non-hydrogen) atoms. The molecule has 1 aromatic carbocycles. The number of nitrogens with one attached hydrogen (secondary N) is 1. The van der Waals surface area contributed by atoms with Gasteiger partial charge in [-0.05, 0) is 51.7 Å². The largest absolute Gasteiger partial charge is 0.497 e. The smallest absolute Gasteiger partial charge is 0.410 e. The topological polar surface area (TPSA) is 89.2 Å². The molecule has 1 fully saturated rings. The van der Waals surface area contributed by atoms with E-state index >= 15 is 0 Å². The molecule has 1 aliphatic heterocycles. The molecule has 0 unspecified atom stereocenters. The molecule has 0 bridgehead atoms. The predicted octanol–water partition coefficient (Wildman–Crippen LogP) is 3.07. The Morgan fingerprint density at radius 2 is 2.04 bits per heavy atom. The number of amides is 1. The molecule has 3 N–H and O–H groups in total. The lowest BCUT2D eigenvalue weighted by Gasteiger charge is -2.33. The summed E-state index contributed by atoms with van der Waals surface area (Å²) in [7, 11) is 1.63. The zero-order valence-corrected chi connectivity index (χ0v) is 16.1. The molecule has 0 saturated carbocycles. The summed E-state index contributed by atoms with van der Waals surface area (Å²) in [5.41, 5.74) is 6.35. The highest BCUT2D eigenvalue weighted by atomic mass is 16.6. The van der Waals surface area contributed by atoms with Gasteiger partial charge in [-0.25, -0.2) is 4.79 Å². The number of carbonyl (C=O) groups excluding carboxylic acids is 1. The summed E-state index contributed by atoms with van der Waals surface area (Å²) < 4.78 is 10.6. The van der Waals surface area contributed by atoms with Gasteiger partial charge in [0.15, 0.2) is 5.96 Å². The van der Waals surface area contributed by atoms with E-state index in [0.29, 0.717) is 31.5 Å². The standard InChI is InChI=1S/C19H30N4O3/c1-19(2,3)26-18(24)23-10-8-14(9-11-23)13-21-17(20)22-15-6-5-7-16(12-15)25-4/h5-7,12,14H,8-11,13H2,1-4H3,(H3,20,21,22). The van der Waals surface area contributed by atoms with E-state index < -0.39 is 5.60 Å². The van der Waals surface area contributed by atoms with Gasteiger partial charge in [-0.1, -0.05) is 6.07 Å². The molecule has 0 radical (unpaired) electrons. The van der Waals surface area contributed by atoms with Gasteiger partial charge in [-0.3, -0.25) is 4.99 Å². The molecule has 1 amide bonds. The molecule has 0 aliphatic carbocycles. The molecule has 0 aromatic heterocycles. The van der Waals surface area contributed by atoms with Crippen LogP contribution in [0.15, 0.2) is 29.3 Å². The van der Waals surface area contributed by atoms with Crippen molar-refractivity contribution in [1.82, 2.24) is 4.90 Å². The van der Waals surface area contributed by atoms with Crippen LogP contribution in [0.1, 0.15) is 33.6 Å². The number of hydrogen-bond donors (Lipinski definition) is 2. The lowest BCUT2D eigenvalue weighted by atomic mass is 9.97. The predicted molar refractivity (Wildman–Crippen MR) is 104 cm³/mol. The Morgan fingerprint density at radius 1 is 1.35 bits per heavy atom. The highest BCUT2D eigenvalue weighted by molar-refractivity contribution is 5.92. The minimum atomic E-state index is -0.460. The van der Waals surface area contributed by atoms with Crippen molar-refractivity contribution >= 4 is 17.7 Å². The van der Waals surface area contributed by atoms with Crippen molar-refractivity contribution in [1.29, 1.82) is 0 Å². The number of benzene rings is 1. The van der Waals surface area contributed by atoms with Gasteiger partial charge in [0, 0.05) is 31.4 Å². The summed E-state index contributed by atoms with van der Waals surface area (Å²) >= 11 is 0. The molecule has 1 heterocycles. The number of nitrogens with zero attached hydrogens (tertiary/aromatic N) is 2. The third kappa shape index (κ3) is 6.46. The van der Waals surface area contributed by atoms with Gasteiger partial charge >= 0.3 is 6.09 Å². The van der Waals surface area contributed by atoms with Crippen LogP contribution in [-0.2, 0) is 4.74 Å². The highest BCUT2D eigenvalue weighted by Crippen LogP contribution is 2.20. The molecular formula is C19H30N4O3. The van der Waals surface area contributed by atoms with Crippen molar-refractivity contribution in [3.8, 4) is 5.75 Å². The first kappa shape index (κ1) is 19.9. The minimum Gasteiger partial charge on any atom is -0.497 e. The molecule has 7 heteroatoms. The van der Waals surface area contributed by atoms with Crippen LogP contribution in [0.5, 0.6) is 5.75 Å². The number of aliphatic imine (C=N–C) groups is 1. The molecule has 144 valence electrons. The number of piperidine rings is 1. The Labute approximate surface area is 155 Å². The Morgan fingerprint density at radius 3 is 2.65 bits per heavy atom. The quantitative estimate of drug-likeness (QED) is 0.635. The van der Waals surface area contributed by atoms with Crippen LogP contribution < -0.4 is 15.8 Å². The maximum Gasteiger partial charge on any atom is 0.410 e. The van der Waals surface area contributed by atoms with Gasteiger partial charge in [0.1, 0.15) is 11.4 Å². The maximum absolute atomic E-state index is 12.1. The lowest BCUT2D eigenvalue weighted by molar-refractivity contribution is 0.0187. The summed E-state index contributed by atoms with van der Waals surface area (Å²) in [6, 6.07) is 7.53. The van der Waals surface area contributed by atoms with E-state index in [-0.39, 0.29) is 6.09 Å². The van der Waals surface area contributed by atoms with Gasteiger partial charge in [0.05, 0.1) is 7.11 Å². The molecular weight excluding hydrogens is 332 g/mol. The van der Waals surface area contributed by atoms with E-state index in [1.54, 1.807) is 12.0 Å². The van der Waals surface area contributed by atoms with Crippen LogP contribution in [0.3, 0.4) is 0 Å². The molecule has 0 atom stereocenters. The lowest BCUT2D eigenvalue weighted by Crippen LogP contribution is -2.42. The summed E-state index contributed by atoms with van der Waals surface area (Å²) in [4.78, 5) is 18.3. The Hall–Kier alpha value is -2.44. The summed E-state index contributed by atoms with van der Waals surface area (Å²) in [5.74, 6) is 1.56. The number of guanidine groups is 1. The fraction of sp³-hybridized carbons (Fsp3) is 0.579. The van der Waals surface area contributed by atoms with Crippen LogP contribution in [0.2, 0.25) is 0 Å². The van der Waals surface area contributed by atoms with Crippen molar-refractivity contribution < 1.29 is 14.3 Å². The van der Waals surface area contributed by atoms with E-state index in [2.05, 4.69) is 10.3 Å². The van der Waals surface area contributed by atoms with Gasteiger partial charge in [0.25, 0.3) is 0 Å². The number of hydrogen-bond acceptors (Lipinski definition) is 4. The number of rotatable bonds is 4. The normalized spacial score (nSPS) is 16.3. The third-order valence-corrected chi connectivity index (χ3v) is 4.13. The monoisotopic (exact) mass is 362 g/mol. The summed E-state index contributed by atoms with van der Waals surface area (Å²) in [6.07, 6.45) is 1.56. The van der Waals surface area contributed by atoms with Crippen molar-refractivity contribution in [2.45, 2.75) is 39.2 Å². The number of methoxy groups -OCH3 is 1. The minimum absolute atomic E-state index is 0.237. The van der Waals surface area contributed by atoms with Crippen LogP contribution in [-0.4, -0.2) is 49.3 Å². The highest BCUT2D eigenvalue weighted by Gasteiger charge is 2.26. The Kier molecular flexibility index (Phi) is 6.71. The molecule has 2 rings (SSSR count). The maximum atomic E-state index is 12.1. The van der Waals surface area contributed by atoms with Crippen LogP contribution in [0.25, 0.3) is 0 Å². The fourth-order valence-electron chi connectivity index (χ4n) is 2.74. The average Bonchev–Trinajstić information content (AvgIpc) is 2.59. The van der Waals surface area contributed by atoms with Crippen LogP contribution in [0.4, 0.5) is 10.5 Å². The molecule has 1 saturated heterocycles. The molecule has 7 nitrogen and oxygen atoms in total. The fourth-order valence-corrected chi connectivity index (χ4v) is 2.74. The van der Waals surface area contributed by atoms with E-state index in [1.165, 1.54) is 0 Å². The number of carbonyl (C=O) groups is 1. The number of nitrogens with two attached hydrogens (primary N) is 1. The third-order valence-electron chi connectivity index (χ3n) is 4.13. The number of likely N-dealkylation sites (tertiary alicyclic amines) is 1. The SMILES string of the molecule is COc1cccc(NC(N)=NCC2CCN(C(=O)OC(C)(C)C)CC2)c1. The number of anilines is 1. The Balaban J connectivity index is 1.78. The molecule has 1 aliphatic rings. The first-order valence-electron chi connectivity index (χ1n) is 8.96. The first-order valence-corrected chi connectivity index (χ1v) is 8.96. The van der Waals surface area contributed by atoms with Gasteiger partial charge in [0.2, 0.25) is 0 Å². The van der Waals surface area contributed by atoms with E-state index in [4.69, 9.17) is 15.2 Å². The van der Waals surface area contributed by atoms with E-state index in [9.17, 15) is 4.79 Å². The zero-order chi connectivity index (χ0) is 19.2. The second-order valence-electron chi connectivity index (χ2n) is 7.49. The van der Waals surface area contributed by atoms with Gasteiger partial charge in [-0.15, -0.1) is 0 Å². The van der Waals surface area contributed by atoms with Crippen molar-refractivity contribution in [3.63, 3.8) is 0 Å². The molecule has 0 spiro atoms. The second-order valence-corrected chi connectivity index (χ2v) is 7.49. The van der Waals surface area contributed by atoms with E-state index in [0.717, 1.165) is 24.3 Å². The van der Waals surface area contributed by atoms with Gasteiger partial charge in [-0.2, -0.15) is 0 Å². The van der Waals surface area contributed by atoms with Crippen molar-refractivity contribution in [2.75, 3.05) is 32.1 Å². The zero-order valence-electron chi connectivity index (χ0n) is 16.1. The summed E-state index contributed by atoms with van der Waals surface area (Å²) in [6.45, 7) is 7.67. The Bertz CT molecular complexity index is 632. The van der Waals surface area contributed by atoms with Crippen LogP contribution >= 0.6 is 0 Å². The number of ether oxygens (including phenoxy) is 2. The van der Waals surface area contributed by atoms with Crippen molar-refractivity contribution in [2.24, 2.45) is 16.6 Å². The van der Waals surface area contributed by atoms with Crippen molar-refractivity contribution in [3.05, 3.63) is 24.3 Å². The summed E-state index contributed by atoms with van der Waals surface area (Å²) in [5, 5.41) is 3.07. The average molecular weight is 362 g/mol. The van der Waals surface area contributed by atoms with E-state index in [1.807, 2.05) is 45.0 Å². The molecule has 1 aromatic rings. The second kappa shape index (κ2) is 8.78. The first-order chi connectivity index (χ1) is 12.3.